The SMILES string of the molecule is Nc1ccn([C@@H]2S[C@](CO)(OP(=O)(O)OP(=O)(O)O)[C@@H](O)[C@H]2O)c(=O)n1. The second-order valence-electron chi connectivity index (χ2n) is 5.09. The van der Waals surface area contributed by atoms with Crippen molar-refractivity contribution in [3.63, 3.8) is 0 Å². The summed E-state index contributed by atoms with van der Waals surface area (Å²) in [5, 5.41) is 28.5. The maximum absolute atomic E-state index is 11.9. The summed E-state index contributed by atoms with van der Waals surface area (Å²) in [7, 11) is -10.9. The van der Waals surface area contributed by atoms with Crippen molar-refractivity contribution < 1.29 is 48.0 Å². The van der Waals surface area contributed by atoms with Crippen LogP contribution in [0.1, 0.15) is 5.37 Å². The third-order valence-corrected chi connectivity index (χ3v) is 7.17. The average molecular weight is 435 g/mol. The van der Waals surface area contributed by atoms with Gasteiger partial charge in [-0.2, -0.15) is 9.29 Å². The molecule has 0 saturated carbocycles. The van der Waals surface area contributed by atoms with Crippen LogP contribution < -0.4 is 11.4 Å². The van der Waals surface area contributed by atoms with Crippen molar-refractivity contribution in [3.05, 3.63) is 22.7 Å². The molecule has 148 valence electrons. The molecule has 1 aromatic rings. The Balaban J connectivity index is 2.37. The zero-order chi connectivity index (χ0) is 19.9. The van der Waals surface area contributed by atoms with E-state index >= 15 is 0 Å². The number of aliphatic hydroxyl groups excluding tert-OH is 3. The Morgan fingerprint density at radius 3 is 2.46 bits per heavy atom. The van der Waals surface area contributed by atoms with E-state index in [1.807, 2.05) is 0 Å². The molecule has 2 rings (SSSR count). The number of nitrogens with two attached hydrogens (primary N) is 1. The number of phosphoric acid groups is 2. The second-order valence-corrected chi connectivity index (χ2v) is 9.25. The zero-order valence-corrected chi connectivity index (χ0v) is 15.2. The van der Waals surface area contributed by atoms with E-state index in [1.54, 1.807) is 0 Å². The number of hydrogen-bond donors (Lipinski definition) is 7. The summed E-state index contributed by atoms with van der Waals surface area (Å²) in [5.41, 5.74) is 4.41. The van der Waals surface area contributed by atoms with Crippen LogP contribution in [0.3, 0.4) is 0 Å². The first-order chi connectivity index (χ1) is 11.8. The molecule has 1 aliphatic heterocycles. The first kappa shape index (κ1) is 21.5. The van der Waals surface area contributed by atoms with Crippen LogP contribution >= 0.6 is 27.4 Å². The van der Waals surface area contributed by atoms with Crippen LogP contribution in [0, 0.1) is 0 Å². The van der Waals surface area contributed by atoms with Crippen molar-refractivity contribution >= 4 is 33.2 Å². The summed E-state index contributed by atoms with van der Waals surface area (Å²) in [6.45, 7) is -1.18. The van der Waals surface area contributed by atoms with E-state index in [4.69, 9.17) is 15.5 Å². The molecule has 1 saturated heterocycles. The fourth-order valence-corrected chi connectivity index (χ4v) is 5.73. The fraction of sp³-hybridized carbons (Fsp3) is 0.556. The number of phosphoric ester groups is 1. The summed E-state index contributed by atoms with van der Waals surface area (Å²) in [5.74, 6) is -0.121. The van der Waals surface area contributed by atoms with E-state index < -0.39 is 50.5 Å². The predicted octanol–water partition coefficient (Wildman–Crippen LogP) is -2.29. The molecule has 0 bridgehead atoms. The van der Waals surface area contributed by atoms with Gasteiger partial charge in [-0.05, 0) is 6.07 Å². The van der Waals surface area contributed by atoms with Gasteiger partial charge in [0.25, 0.3) is 0 Å². The Labute approximate surface area is 149 Å². The molecule has 14 nitrogen and oxygen atoms in total. The van der Waals surface area contributed by atoms with Crippen molar-refractivity contribution in [1.82, 2.24) is 9.55 Å². The number of rotatable bonds is 6. The molecule has 0 spiro atoms. The monoisotopic (exact) mass is 435 g/mol. The highest BCUT2D eigenvalue weighted by atomic mass is 32.2. The zero-order valence-electron chi connectivity index (χ0n) is 12.6. The van der Waals surface area contributed by atoms with Crippen molar-refractivity contribution in [2.24, 2.45) is 0 Å². The maximum atomic E-state index is 11.9. The molecule has 0 aromatic carbocycles. The molecule has 8 N–H and O–H groups in total. The van der Waals surface area contributed by atoms with Gasteiger partial charge < -0.3 is 35.7 Å². The van der Waals surface area contributed by atoms with E-state index in [9.17, 15) is 34.1 Å². The Hall–Kier alpha value is -0.830. The van der Waals surface area contributed by atoms with Gasteiger partial charge in [0.1, 0.15) is 23.4 Å². The predicted molar refractivity (Wildman–Crippen MR) is 85.4 cm³/mol. The molecule has 1 fully saturated rings. The van der Waals surface area contributed by atoms with Crippen LogP contribution in [0.15, 0.2) is 17.1 Å². The number of hydrogen-bond acceptors (Lipinski definition) is 11. The summed E-state index contributed by atoms with van der Waals surface area (Å²) < 4.78 is 31.5. The number of nitrogen functional groups attached to an aromatic ring is 1. The summed E-state index contributed by atoms with van der Waals surface area (Å²) in [6, 6.07) is 1.20. The number of nitrogens with zero attached hydrogens (tertiary/aromatic N) is 2. The highest BCUT2D eigenvalue weighted by Gasteiger charge is 2.59. The molecule has 5 atom stereocenters. The second kappa shape index (κ2) is 7.30. The quantitative estimate of drug-likeness (QED) is 0.233. The Morgan fingerprint density at radius 2 is 1.96 bits per heavy atom. The number of aliphatic hydroxyl groups is 3. The Morgan fingerprint density at radius 1 is 1.35 bits per heavy atom. The third kappa shape index (κ3) is 4.52. The van der Waals surface area contributed by atoms with E-state index in [2.05, 4.69) is 13.8 Å². The van der Waals surface area contributed by atoms with E-state index in [0.29, 0.717) is 11.8 Å². The highest BCUT2D eigenvalue weighted by Crippen LogP contribution is 2.63. The lowest BCUT2D eigenvalue weighted by Crippen LogP contribution is -2.45. The first-order valence-corrected chi connectivity index (χ1v) is 10.5. The van der Waals surface area contributed by atoms with Gasteiger partial charge in [0.05, 0.1) is 6.61 Å². The molecular formula is C9H15N3O11P2S. The average Bonchev–Trinajstić information content (AvgIpc) is 2.70. The normalized spacial score (nSPS) is 31.7. The summed E-state index contributed by atoms with van der Waals surface area (Å²) in [6.07, 6.45) is -2.73. The van der Waals surface area contributed by atoms with Gasteiger partial charge in [-0.25, -0.2) is 13.9 Å². The molecule has 0 amide bonds. The minimum atomic E-state index is -5.48. The van der Waals surface area contributed by atoms with E-state index in [1.165, 1.54) is 6.07 Å². The minimum Gasteiger partial charge on any atom is -0.392 e. The lowest BCUT2D eigenvalue weighted by molar-refractivity contribution is -0.0813. The molecule has 1 aromatic heterocycles. The molecule has 0 radical (unpaired) electrons. The van der Waals surface area contributed by atoms with Crippen LogP contribution in [0.25, 0.3) is 0 Å². The largest absolute Gasteiger partial charge is 0.482 e. The molecule has 1 unspecified atom stereocenters. The van der Waals surface area contributed by atoms with Crippen LogP contribution in [0.4, 0.5) is 5.82 Å². The van der Waals surface area contributed by atoms with E-state index in [-0.39, 0.29) is 5.82 Å². The van der Waals surface area contributed by atoms with Crippen molar-refractivity contribution in [2.75, 3.05) is 12.3 Å². The molecule has 26 heavy (non-hydrogen) atoms. The number of thioether (sulfide) groups is 1. The van der Waals surface area contributed by atoms with Gasteiger partial charge in [0.2, 0.25) is 0 Å². The Bertz CT molecular complexity index is 829. The summed E-state index contributed by atoms with van der Waals surface area (Å²) in [4.78, 5) is 39.6. The van der Waals surface area contributed by atoms with Gasteiger partial charge >= 0.3 is 21.3 Å². The summed E-state index contributed by atoms with van der Waals surface area (Å²) >= 11 is 0.345. The van der Waals surface area contributed by atoms with Crippen molar-refractivity contribution in [1.29, 1.82) is 0 Å². The highest BCUT2D eigenvalue weighted by molar-refractivity contribution is 8.01. The molecular weight excluding hydrogens is 420 g/mol. The van der Waals surface area contributed by atoms with Gasteiger partial charge in [0, 0.05) is 6.20 Å². The fourth-order valence-electron chi connectivity index (χ4n) is 2.18. The van der Waals surface area contributed by atoms with Gasteiger partial charge in [-0.15, -0.1) is 0 Å². The lowest BCUT2D eigenvalue weighted by atomic mass is 10.1. The minimum absolute atomic E-state index is 0.121. The number of aromatic nitrogens is 2. The maximum Gasteiger partial charge on any atom is 0.482 e. The molecule has 17 heteroatoms. The molecule has 0 aliphatic carbocycles. The third-order valence-electron chi connectivity index (χ3n) is 3.21. The Kier molecular flexibility index (Phi) is 6.03. The first-order valence-electron chi connectivity index (χ1n) is 6.60. The van der Waals surface area contributed by atoms with Gasteiger partial charge in [-0.1, -0.05) is 11.8 Å². The molecule has 2 heterocycles. The molecule has 1 aliphatic rings. The van der Waals surface area contributed by atoms with Gasteiger partial charge in [-0.3, -0.25) is 9.09 Å². The standard InChI is InChI=1S/C9H15N3O11P2S/c10-4-1-2-12(8(16)11-4)7-5(14)6(15)9(3-13,26-7)22-25(20,21)23-24(17,18)19/h1-2,5-7,13-15H,3H2,(H,20,21)(H2,10,11,16)(H2,17,18,19)/t5-,6+,7-,9+/m1/s1. The van der Waals surface area contributed by atoms with E-state index in [0.717, 1.165) is 10.8 Å². The topological polar surface area (TPSA) is 235 Å². The van der Waals surface area contributed by atoms with Crippen LogP contribution in [-0.2, 0) is 18.0 Å². The van der Waals surface area contributed by atoms with Crippen LogP contribution in [-0.4, -0.2) is 63.3 Å². The van der Waals surface area contributed by atoms with Crippen molar-refractivity contribution in [3.8, 4) is 0 Å². The lowest BCUT2D eigenvalue weighted by Gasteiger charge is -2.30. The van der Waals surface area contributed by atoms with Gasteiger partial charge in [0.15, 0.2) is 4.93 Å². The van der Waals surface area contributed by atoms with Crippen molar-refractivity contribution in [2.45, 2.75) is 22.5 Å². The number of anilines is 1. The van der Waals surface area contributed by atoms with Crippen LogP contribution in [0.2, 0.25) is 0 Å². The van der Waals surface area contributed by atoms with Crippen LogP contribution in [0.5, 0.6) is 0 Å². The smallest absolute Gasteiger partial charge is 0.392 e.